The standard InChI is InChI=1S/C24H16ClFN4S/c25-19-5-11-22(12-6-19)31-29-21-9-3-17(4-10-21)24-23-13-18(14-30(23)28-15-27-24)16-1-7-20(26)8-2-16/h1-15,29H. The van der Waals surface area contributed by atoms with Gasteiger partial charge in [-0.25, -0.2) is 13.9 Å². The van der Waals surface area contributed by atoms with Gasteiger partial charge in [0.05, 0.1) is 11.2 Å². The van der Waals surface area contributed by atoms with E-state index < -0.39 is 0 Å². The predicted molar refractivity (Wildman–Crippen MR) is 125 cm³/mol. The van der Waals surface area contributed by atoms with Gasteiger partial charge in [-0.2, -0.15) is 5.10 Å². The van der Waals surface area contributed by atoms with Crippen molar-refractivity contribution in [2.24, 2.45) is 0 Å². The SMILES string of the molecule is Fc1ccc(-c2cc3c(-c4ccc(NSc5ccc(Cl)cc5)cc4)ncnn3c2)cc1. The van der Waals surface area contributed by atoms with E-state index in [1.807, 2.05) is 60.8 Å². The maximum atomic E-state index is 13.3. The largest absolute Gasteiger partial charge is 0.326 e. The summed E-state index contributed by atoms with van der Waals surface area (Å²) in [5.74, 6) is -0.254. The van der Waals surface area contributed by atoms with Crippen LogP contribution in [0.25, 0.3) is 27.9 Å². The number of nitrogens with one attached hydrogen (secondary N) is 1. The minimum Gasteiger partial charge on any atom is -0.326 e. The van der Waals surface area contributed by atoms with Crippen LogP contribution in [0.5, 0.6) is 0 Å². The fraction of sp³-hybridized carbons (Fsp3) is 0. The van der Waals surface area contributed by atoms with E-state index in [0.717, 1.165) is 43.5 Å². The highest BCUT2D eigenvalue weighted by Gasteiger charge is 2.10. The number of anilines is 1. The Labute approximate surface area is 187 Å². The van der Waals surface area contributed by atoms with E-state index >= 15 is 0 Å². The van der Waals surface area contributed by atoms with E-state index in [2.05, 4.69) is 14.8 Å². The molecule has 0 bridgehead atoms. The second-order valence-corrected chi connectivity index (χ2v) is 8.23. The van der Waals surface area contributed by atoms with Gasteiger partial charge in [-0.3, -0.25) is 0 Å². The van der Waals surface area contributed by atoms with Crippen molar-refractivity contribution in [2.45, 2.75) is 4.90 Å². The first-order chi connectivity index (χ1) is 15.2. The third-order valence-corrected chi connectivity index (χ3v) is 5.94. The fourth-order valence-corrected chi connectivity index (χ4v) is 4.04. The number of rotatable bonds is 5. The van der Waals surface area contributed by atoms with Crippen LogP contribution >= 0.6 is 23.5 Å². The summed E-state index contributed by atoms with van der Waals surface area (Å²) in [6, 6.07) is 24.2. The molecule has 0 spiro atoms. The van der Waals surface area contributed by atoms with Crippen LogP contribution in [0, 0.1) is 5.82 Å². The monoisotopic (exact) mass is 446 g/mol. The van der Waals surface area contributed by atoms with Gasteiger partial charge in [0.25, 0.3) is 0 Å². The van der Waals surface area contributed by atoms with Crippen LogP contribution in [0.15, 0.2) is 96.3 Å². The number of benzene rings is 3. The van der Waals surface area contributed by atoms with E-state index in [4.69, 9.17) is 11.6 Å². The van der Waals surface area contributed by atoms with Crippen molar-refractivity contribution in [3.8, 4) is 22.4 Å². The van der Waals surface area contributed by atoms with Crippen LogP contribution in [0.3, 0.4) is 0 Å². The van der Waals surface area contributed by atoms with E-state index in [-0.39, 0.29) is 5.82 Å². The van der Waals surface area contributed by atoms with Crippen LogP contribution in [0.4, 0.5) is 10.1 Å². The van der Waals surface area contributed by atoms with Crippen molar-refractivity contribution in [3.63, 3.8) is 0 Å². The molecule has 2 heterocycles. The number of aromatic nitrogens is 3. The quantitative estimate of drug-likeness (QED) is 0.296. The Kier molecular flexibility index (Phi) is 5.32. The van der Waals surface area contributed by atoms with Crippen molar-refractivity contribution in [1.29, 1.82) is 0 Å². The molecule has 4 nitrogen and oxygen atoms in total. The molecule has 152 valence electrons. The zero-order chi connectivity index (χ0) is 21.2. The van der Waals surface area contributed by atoms with Crippen LogP contribution in [-0.2, 0) is 0 Å². The lowest BCUT2D eigenvalue weighted by atomic mass is 10.1. The molecule has 0 fully saturated rings. The van der Waals surface area contributed by atoms with Gasteiger partial charge in [-0.1, -0.05) is 35.9 Å². The predicted octanol–water partition coefficient (Wildman–Crippen LogP) is 6.98. The lowest BCUT2D eigenvalue weighted by molar-refractivity contribution is 0.628. The number of nitrogens with zero attached hydrogens (tertiary/aromatic N) is 3. The van der Waals surface area contributed by atoms with Crippen molar-refractivity contribution in [1.82, 2.24) is 14.6 Å². The Balaban J connectivity index is 1.39. The summed E-state index contributed by atoms with van der Waals surface area (Å²) >= 11 is 7.45. The Bertz CT molecular complexity index is 1330. The average Bonchev–Trinajstić information content (AvgIpc) is 3.24. The summed E-state index contributed by atoms with van der Waals surface area (Å²) < 4.78 is 18.4. The highest BCUT2D eigenvalue weighted by Crippen LogP contribution is 2.29. The molecule has 3 aromatic carbocycles. The molecule has 7 heteroatoms. The lowest BCUT2D eigenvalue weighted by Crippen LogP contribution is -1.94. The first kappa shape index (κ1) is 19.6. The molecule has 0 saturated heterocycles. The smallest absolute Gasteiger partial charge is 0.137 e. The van der Waals surface area contributed by atoms with Crippen molar-refractivity contribution in [2.75, 3.05) is 4.72 Å². The van der Waals surface area contributed by atoms with Gasteiger partial charge in [-0.05, 0) is 72.1 Å². The number of hydrogen-bond donors (Lipinski definition) is 1. The molecule has 0 aliphatic rings. The molecule has 0 amide bonds. The van der Waals surface area contributed by atoms with Crippen molar-refractivity contribution >= 4 is 34.8 Å². The molecular weight excluding hydrogens is 431 g/mol. The number of hydrogen-bond acceptors (Lipinski definition) is 4. The first-order valence-electron chi connectivity index (χ1n) is 9.54. The Hall–Kier alpha value is -3.35. The van der Waals surface area contributed by atoms with Crippen LogP contribution in [0.2, 0.25) is 5.02 Å². The molecule has 0 atom stereocenters. The molecule has 5 aromatic rings. The van der Waals surface area contributed by atoms with E-state index in [9.17, 15) is 4.39 Å². The fourth-order valence-electron chi connectivity index (χ4n) is 3.27. The minimum absolute atomic E-state index is 0.254. The third kappa shape index (κ3) is 4.26. The molecule has 0 aliphatic carbocycles. The highest BCUT2D eigenvalue weighted by atomic mass is 35.5. The normalized spacial score (nSPS) is 11.0. The lowest BCUT2D eigenvalue weighted by Gasteiger charge is -2.07. The zero-order valence-electron chi connectivity index (χ0n) is 16.2. The number of fused-ring (bicyclic) bond motifs is 1. The van der Waals surface area contributed by atoms with E-state index in [0.29, 0.717) is 0 Å². The maximum absolute atomic E-state index is 13.3. The zero-order valence-corrected chi connectivity index (χ0v) is 17.7. The Morgan fingerprint density at radius 3 is 2.29 bits per heavy atom. The van der Waals surface area contributed by atoms with Crippen LogP contribution in [-0.4, -0.2) is 14.6 Å². The average molecular weight is 447 g/mol. The molecule has 5 rings (SSSR count). The molecule has 0 unspecified atom stereocenters. The van der Waals surface area contributed by atoms with Gasteiger partial charge in [0.15, 0.2) is 0 Å². The van der Waals surface area contributed by atoms with E-state index in [1.165, 1.54) is 24.1 Å². The summed E-state index contributed by atoms with van der Waals surface area (Å²) in [6.07, 6.45) is 3.46. The molecule has 2 aromatic heterocycles. The van der Waals surface area contributed by atoms with Crippen molar-refractivity contribution < 1.29 is 4.39 Å². The highest BCUT2D eigenvalue weighted by molar-refractivity contribution is 8.00. The molecule has 0 saturated carbocycles. The number of halogens is 2. The second kappa shape index (κ2) is 8.41. The first-order valence-corrected chi connectivity index (χ1v) is 10.7. The second-order valence-electron chi connectivity index (χ2n) is 6.91. The van der Waals surface area contributed by atoms with Gasteiger partial charge in [-0.15, -0.1) is 0 Å². The van der Waals surface area contributed by atoms with Crippen LogP contribution < -0.4 is 4.72 Å². The molecule has 0 aliphatic heterocycles. The molecule has 0 radical (unpaired) electrons. The molecular formula is C24H16ClFN4S. The van der Waals surface area contributed by atoms with Gasteiger partial charge in [0, 0.05) is 32.9 Å². The minimum atomic E-state index is -0.254. The van der Waals surface area contributed by atoms with Gasteiger partial charge in [0.2, 0.25) is 0 Å². The topological polar surface area (TPSA) is 42.2 Å². The summed E-state index contributed by atoms with van der Waals surface area (Å²) in [7, 11) is 0. The molecule has 1 N–H and O–H groups in total. The molecule has 31 heavy (non-hydrogen) atoms. The van der Waals surface area contributed by atoms with Gasteiger partial charge in [0.1, 0.15) is 12.1 Å². The summed E-state index contributed by atoms with van der Waals surface area (Å²) in [4.78, 5) is 5.58. The Morgan fingerprint density at radius 2 is 1.55 bits per heavy atom. The van der Waals surface area contributed by atoms with E-state index in [1.54, 1.807) is 23.0 Å². The summed E-state index contributed by atoms with van der Waals surface area (Å²) in [6.45, 7) is 0. The maximum Gasteiger partial charge on any atom is 0.137 e. The summed E-state index contributed by atoms with van der Waals surface area (Å²) in [5.41, 5.74) is 5.57. The van der Waals surface area contributed by atoms with Gasteiger partial charge >= 0.3 is 0 Å². The van der Waals surface area contributed by atoms with Gasteiger partial charge < -0.3 is 4.72 Å². The van der Waals surface area contributed by atoms with Crippen molar-refractivity contribution in [3.05, 3.63) is 102 Å². The third-order valence-electron chi connectivity index (χ3n) is 4.84. The Morgan fingerprint density at radius 1 is 0.839 bits per heavy atom. The van der Waals surface area contributed by atoms with Crippen LogP contribution in [0.1, 0.15) is 0 Å². The summed E-state index contributed by atoms with van der Waals surface area (Å²) in [5, 5.41) is 5.04.